The highest BCUT2D eigenvalue weighted by Gasteiger charge is 2.51. The van der Waals surface area contributed by atoms with Gasteiger partial charge in [-0.3, -0.25) is 4.79 Å². The molecular weight excluding hydrogens is 392 g/mol. The average Bonchev–Trinajstić information content (AvgIpc) is 3.01. The van der Waals surface area contributed by atoms with Crippen molar-refractivity contribution in [2.24, 2.45) is 17.3 Å². The molecular formula is C26H42O5. The van der Waals surface area contributed by atoms with Crippen molar-refractivity contribution < 1.29 is 24.9 Å². The maximum atomic E-state index is 12.3. The van der Waals surface area contributed by atoms with E-state index < -0.39 is 17.8 Å². The smallest absolute Gasteiger partial charge is 0.306 e. The fourth-order valence-electron chi connectivity index (χ4n) is 6.34. The van der Waals surface area contributed by atoms with Crippen LogP contribution in [0.3, 0.4) is 0 Å². The monoisotopic (exact) mass is 434 g/mol. The number of esters is 1. The van der Waals surface area contributed by atoms with E-state index in [9.17, 15) is 20.1 Å². The predicted octanol–water partition coefficient (Wildman–Crippen LogP) is 4.44. The molecule has 3 rings (SSSR count). The number of fused-ring (bicyclic) bond motifs is 1. The summed E-state index contributed by atoms with van der Waals surface area (Å²) in [6.07, 6.45) is 11.4. The summed E-state index contributed by atoms with van der Waals surface area (Å²) in [5, 5.41) is 29.8. The number of aliphatic hydroxyl groups excluding tert-OH is 2. The summed E-state index contributed by atoms with van der Waals surface area (Å²) in [6, 6.07) is 0. The molecule has 0 bridgehead atoms. The second kappa shape index (κ2) is 9.76. The largest absolute Gasteiger partial charge is 0.462 e. The summed E-state index contributed by atoms with van der Waals surface area (Å²) < 4.78 is 5.82. The molecule has 0 aromatic heterocycles. The minimum absolute atomic E-state index is 0.120. The van der Waals surface area contributed by atoms with Gasteiger partial charge in [-0.05, 0) is 89.9 Å². The van der Waals surface area contributed by atoms with Crippen molar-refractivity contribution in [3.05, 3.63) is 23.3 Å². The molecule has 6 atom stereocenters. The molecule has 3 aliphatic rings. The highest BCUT2D eigenvalue weighted by Crippen LogP contribution is 2.58. The molecule has 3 aliphatic carbocycles. The molecule has 0 amide bonds. The van der Waals surface area contributed by atoms with Crippen molar-refractivity contribution in [3.63, 3.8) is 0 Å². The van der Waals surface area contributed by atoms with Gasteiger partial charge in [-0.2, -0.15) is 0 Å². The summed E-state index contributed by atoms with van der Waals surface area (Å²) in [5.41, 5.74) is 1.88. The van der Waals surface area contributed by atoms with Crippen molar-refractivity contribution in [1.82, 2.24) is 0 Å². The first kappa shape index (κ1) is 24.5. The third-order valence-corrected chi connectivity index (χ3v) is 7.94. The van der Waals surface area contributed by atoms with E-state index in [2.05, 4.69) is 19.1 Å². The van der Waals surface area contributed by atoms with Crippen molar-refractivity contribution in [1.29, 1.82) is 0 Å². The minimum atomic E-state index is -0.852. The first-order valence-electron chi connectivity index (χ1n) is 12.1. The van der Waals surface area contributed by atoms with Gasteiger partial charge in [-0.1, -0.05) is 30.2 Å². The van der Waals surface area contributed by atoms with Crippen molar-refractivity contribution in [2.45, 2.75) is 116 Å². The van der Waals surface area contributed by atoms with E-state index >= 15 is 0 Å². The standard InChI is InChI=1S/C26H42O5/c1-17(31-24(29)11-13-25(2,3)30)22-9-10-23-19(6-5-12-26(22,23)4)8-7-18-14-20(27)16-21(28)15-18/h7-8,17,20-23,27-28,30H,5-6,9-16H2,1-4H3/b19-8+/t17-,20+,21+,22+,23-,26+/m0/s1. The fraction of sp³-hybridized carbons (Fsp3) is 0.808. The normalized spacial score (nSPS) is 36.2. The van der Waals surface area contributed by atoms with E-state index in [0.717, 1.165) is 37.7 Å². The van der Waals surface area contributed by atoms with E-state index in [1.165, 1.54) is 5.57 Å². The number of hydrogen-bond donors (Lipinski definition) is 3. The van der Waals surface area contributed by atoms with Crippen LogP contribution in [0.4, 0.5) is 0 Å². The Kier molecular flexibility index (Phi) is 7.71. The molecule has 176 valence electrons. The zero-order valence-electron chi connectivity index (χ0n) is 19.8. The highest BCUT2D eigenvalue weighted by molar-refractivity contribution is 5.69. The second-order valence-electron chi connectivity index (χ2n) is 11.1. The number of hydrogen-bond acceptors (Lipinski definition) is 5. The van der Waals surface area contributed by atoms with Gasteiger partial charge >= 0.3 is 5.97 Å². The zero-order valence-corrected chi connectivity index (χ0v) is 19.8. The van der Waals surface area contributed by atoms with Crippen LogP contribution in [0.1, 0.15) is 91.9 Å². The molecule has 0 aromatic carbocycles. The Morgan fingerprint density at radius 2 is 1.90 bits per heavy atom. The number of aliphatic hydroxyl groups is 3. The van der Waals surface area contributed by atoms with Crippen LogP contribution in [0.5, 0.6) is 0 Å². The summed E-state index contributed by atoms with van der Waals surface area (Å²) >= 11 is 0. The third kappa shape index (κ3) is 6.21. The molecule has 5 heteroatoms. The molecule has 3 saturated carbocycles. The Hall–Kier alpha value is -1.17. The lowest BCUT2D eigenvalue weighted by Crippen LogP contribution is -2.39. The second-order valence-corrected chi connectivity index (χ2v) is 11.1. The van der Waals surface area contributed by atoms with Crippen LogP contribution in [0, 0.1) is 17.3 Å². The Balaban J connectivity index is 1.65. The van der Waals surface area contributed by atoms with Gasteiger partial charge in [0.25, 0.3) is 0 Å². The van der Waals surface area contributed by atoms with Crippen LogP contribution >= 0.6 is 0 Å². The number of allylic oxidation sites excluding steroid dienone is 3. The van der Waals surface area contributed by atoms with Crippen molar-refractivity contribution >= 4 is 5.97 Å². The van der Waals surface area contributed by atoms with Crippen molar-refractivity contribution in [3.8, 4) is 0 Å². The fourth-order valence-corrected chi connectivity index (χ4v) is 6.34. The van der Waals surface area contributed by atoms with Gasteiger partial charge < -0.3 is 20.1 Å². The van der Waals surface area contributed by atoms with Gasteiger partial charge in [0.15, 0.2) is 0 Å². The molecule has 5 nitrogen and oxygen atoms in total. The van der Waals surface area contributed by atoms with E-state index in [1.54, 1.807) is 13.8 Å². The van der Waals surface area contributed by atoms with Crippen LogP contribution in [-0.4, -0.2) is 45.2 Å². The Labute approximate surface area is 187 Å². The maximum absolute atomic E-state index is 12.3. The van der Waals surface area contributed by atoms with Crippen LogP contribution < -0.4 is 0 Å². The van der Waals surface area contributed by atoms with E-state index in [4.69, 9.17) is 4.74 Å². The van der Waals surface area contributed by atoms with Gasteiger partial charge in [-0.15, -0.1) is 0 Å². The molecule has 3 N–H and O–H groups in total. The summed E-state index contributed by atoms with van der Waals surface area (Å²) in [5.74, 6) is 0.629. The highest BCUT2D eigenvalue weighted by atomic mass is 16.5. The molecule has 0 unspecified atom stereocenters. The quantitative estimate of drug-likeness (QED) is 0.538. The van der Waals surface area contributed by atoms with E-state index in [1.807, 2.05) is 6.92 Å². The minimum Gasteiger partial charge on any atom is -0.462 e. The average molecular weight is 435 g/mol. The summed E-state index contributed by atoms with van der Waals surface area (Å²) in [7, 11) is 0. The first-order chi connectivity index (χ1) is 14.5. The summed E-state index contributed by atoms with van der Waals surface area (Å²) in [6.45, 7) is 7.83. The Bertz CT molecular complexity index is 691. The third-order valence-electron chi connectivity index (χ3n) is 7.94. The van der Waals surface area contributed by atoms with Gasteiger partial charge in [0, 0.05) is 12.3 Å². The molecule has 3 fully saturated rings. The van der Waals surface area contributed by atoms with Crippen LogP contribution in [0.15, 0.2) is 23.3 Å². The van der Waals surface area contributed by atoms with Gasteiger partial charge in [-0.25, -0.2) is 0 Å². The number of carbonyl (C=O) groups is 1. The first-order valence-corrected chi connectivity index (χ1v) is 12.1. The zero-order chi connectivity index (χ0) is 22.8. The lowest BCUT2D eigenvalue weighted by Gasteiger charge is -2.44. The van der Waals surface area contributed by atoms with Gasteiger partial charge in [0.1, 0.15) is 6.10 Å². The molecule has 0 aromatic rings. The van der Waals surface area contributed by atoms with Gasteiger partial charge in [0.05, 0.1) is 17.8 Å². The maximum Gasteiger partial charge on any atom is 0.306 e. The van der Waals surface area contributed by atoms with Crippen LogP contribution in [0.25, 0.3) is 0 Å². The SMILES string of the molecule is C[C@H](OC(=O)CCC(C)(C)O)[C@H]1CC[C@H]2/C(=C/C=C3C[C@@H](O)C[C@H](O)C3)CCC[C@]12C. The predicted molar refractivity (Wildman–Crippen MR) is 121 cm³/mol. The number of ether oxygens (including phenoxy) is 1. The molecule has 31 heavy (non-hydrogen) atoms. The lowest BCUT2D eigenvalue weighted by molar-refractivity contribution is -0.154. The Morgan fingerprint density at radius 1 is 1.23 bits per heavy atom. The van der Waals surface area contributed by atoms with Gasteiger partial charge in [0.2, 0.25) is 0 Å². The number of rotatable bonds is 6. The molecule has 0 heterocycles. The molecule has 0 spiro atoms. The number of carbonyl (C=O) groups excluding carboxylic acids is 1. The molecule has 0 radical (unpaired) electrons. The topological polar surface area (TPSA) is 87.0 Å². The lowest BCUT2D eigenvalue weighted by atomic mass is 9.62. The summed E-state index contributed by atoms with van der Waals surface area (Å²) in [4.78, 5) is 12.3. The van der Waals surface area contributed by atoms with E-state index in [0.29, 0.717) is 37.5 Å². The molecule has 0 aliphatic heterocycles. The van der Waals surface area contributed by atoms with Crippen molar-refractivity contribution in [2.75, 3.05) is 0 Å². The Morgan fingerprint density at radius 3 is 2.55 bits per heavy atom. The van der Waals surface area contributed by atoms with Crippen LogP contribution in [0.2, 0.25) is 0 Å². The van der Waals surface area contributed by atoms with Crippen LogP contribution in [-0.2, 0) is 9.53 Å². The van der Waals surface area contributed by atoms with E-state index in [-0.39, 0.29) is 23.9 Å². The molecule has 0 saturated heterocycles.